The molecule has 0 atom stereocenters. The number of rotatable bonds is 1. The molecule has 0 unspecified atom stereocenters. The molecule has 4 heteroatoms. The van der Waals surface area contributed by atoms with Gasteiger partial charge in [0.25, 0.3) is 0 Å². The molecule has 0 bridgehead atoms. The monoisotopic (exact) mass is 365 g/mol. The lowest BCUT2D eigenvalue weighted by Crippen LogP contribution is -1.93. The highest BCUT2D eigenvalue weighted by molar-refractivity contribution is 9.10. The van der Waals surface area contributed by atoms with Crippen molar-refractivity contribution in [3.8, 4) is 17.4 Å². The maximum atomic E-state index is 12.0. The first-order valence-electron chi connectivity index (χ1n) is 7.38. The predicted octanol–water partition coefficient (Wildman–Crippen LogP) is 5.17. The summed E-state index contributed by atoms with van der Waals surface area (Å²) >= 11 is 3.53. The van der Waals surface area contributed by atoms with Crippen LogP contribution in [0, 0.1) is 18.3 Å². The quantitative estimate of drug-likeness (QED) is 0.597. The van der Waals surface area contributed by atoms with Crippen molar-refractivity contribution in [2.75, 3.05) is 0 Å². The van der Waals surface area contributed by atoms with Gasteiger partial charge in [-0.25, -0.2) is 0 Å². The van der Waals surface area contributed by atoms with Crippen molar-refractivity contribution in [1.29, 1.82) is 5.26 Å². The lowest BCUT2D eigenvalue weighted by molar-refractivity contribution is 0.0994. The van der Waals surface area contributed by atoms with Gasteiger partial charge in [-0.3, -0.25) is 4.79 Å². The summed E-state index contributed by atoms with van der Waals surface area (Å²) in [5.74, 6) is 0.825. The Morgan fingerprint density at radius 2 is 2.04 bits per heavy atom. The van der Waals surface area contributed by atoms with Gasteiger partial charge >= 0.3 is 0 Å². The van der Waals surface area contributed by atoms with Crippen molar-refractivity contribution >= 4 is 32.7 Å². The Kier molecular flexibility index (Phi) is 3.14. The molecule has 3 nitrogen and oxygen atoms in total. The van der Waals surface area contributed by atoms with Crippen LogP contribution in [0.15, 0.2) is 39.2 Å². The molecule has 0 amide bonds. The van der Waals surface area contributed by atoms with Crippen LogP contribution in [-0.2, 0) is 6.42 Å². The summed E-state index contributed by atoms with van der Waals surface area (Å²) in [7, 11) is 0. The van der Waals surface area contributed by atoms with Crippen LogP contribution in [0.25, 0.3) is 22.3 Å². The van der Waals surface area contributed by atoms with E-state index in [1.165, 1.54) is 0 Å². The molecule has 3 aromatic rings. The van der Waals surface area contributed by atoms with E-state index in [2.05, 4.69) is 22.0 Å². The second-order valence-electron chi connectivity index (χ2n) is 5.75. The van der Waals surface area contributed by atoms with Gasteiger partial charge in [-0.15, -0.1) is 0 Å². The third-order valence-corrected chi connectivity index (χ3v) is 5.32. The SMILES string of the molecule is Cc1c(Br)cccc1-c1cc2cc3c(c(C#N)c2o1)CCC3=O. The fraction of sp³-hybridized carbons (Fsp3) is 0.158. The summed E-state index contributed by atoms with van der Waals surface area (Å²) in [6, 6.07) is 11.9. The molecule has 0 N–H and O–H groups in total. The van der Waals surface area contributed by atoms with E-state index in [1.54, 1.807) is 0 Å². The van der Waals surface area contributed by atoms with E-state index < -0.39 is 0 Å². The molecule has 0 radical (unpaired) electrons. The average Bonchev–Trinajstić information content (AvgIpc) is 3.12. The zero-order valence-corrected chi connectivity index (χ0v) is 14.0. The number of fused-ring (bicyclic) bond motifs is 2. The van der Waals surface area contributed by atoms with Gasteiger partial charge in [0.1, 0.15) is 11.8 Å². The Bertz CT molecular complexity index is 1020. The number of carbonyl (C=O) groups excluding carboxylic acids is 1. The standard InChI is InChI=1S/C19H12BrNO2/c1-10-12(3-2-4-16(10)20)18-8-11-7-14-13(5-6-17(14)22)15(9-21)19(11)23-18/h2-4,7-8H,5-6H2,1H3. The number of nitriles is 1. The Morgan fingerprint density at radius 3 is 2.83 bits per heavy atom. The molecule has 0 fully saturated rings. The molecular formula is C19H12BrNO2. The summed E-state index contributed by atoms with van der Waals surface area (Å²) in [6.07, 6.45) is 1.10. The zero-order chi connectivity index (χ0) is 16.1. The van der Waals surface area contributed by atoms with Crippen LogP contribution in [0.2, 0.25) is 0 Å². The van der Waals surface area contributed by atoms with E-state index >= 15 is 0 Å². The summed E-state index contributed by atoms with van der Waals surface area (Å²) in [5.41, 5.74) is 4.64. The first-order valence-corrected chi connectivity index (χ1v) is 8.17. The molecule has 23 heavy (non-hydrogen) atoms. The maximum absolute atomic E-state index is 12.0. The number of ketones is 1. The van der Waals surface area contributed by atoms with Crippen LogP contribution in [-0.4, -0.2) is 5.78 Å². The molecule has 1 aromatic heterocycles. The van der Waals surface area contributed by atoms with Crippen molar-refractivity contribution in [3.63, 3.8) is 0 Å². The number of benzene rings is 2. The topological polar surface area (TPSA) is 54.0 Å². The van der Waals surface area contributed by atoms with Crippen LogP contribution in [0.3, 0.4) is 0 Å². The molecule has 1 aliphatic rings. The summed E-state index contributed by atoms with van der Waals surface area (Å²) in [4.78, 5) is 12.0. The van der Waals surface area contributed by atoms with Crippen molar-refractivity contribution in [3.05, 3.63) is 57.1 Å². The van der Waals surface area contributed by atoms with E-state index in [1.807, 2.05) is 37.3 Å². The number of halogens is 1. The Balaban J connectivity index is 2.01. The van der Waals surface area contributed by atoms with Gasteiger partial charge in [-0.2, -0.15) is 5.26 Å². The Morgan fingerprint density at radius 1 is 1.22 bits per heavy atom. The number of nitrogens with zero attached hydrogens (tertiary/aromatic N) is 1. The largest absolute Gasteiger partial charge is 0.455 e. The maximum Gasteiger partial charge on any atom is 0.163 e. The molecular weight excluding hydrogens is 354 g/mol. The minimum absolute atomic E-state index is 0.111. The van der Waals surface area contributed by atoms with E-state index in [-0.39, 0.29) is 5.78 Å². The fourth-order valence-corrected chi connectivity index (χ4v) is 3.60. The molecule has 0 saturated heterocycles. The first-order chi connectivity index (χ1) is 11.1. The van der Waals surface area contributed by atoms with E-state index in [9.17, 15) is 10.1 Å². The van der Waals surface area contributed by atoms with Crippen molar-refractivity contribution < 1.29 is 9.21 Å². The van der Waals surface area contributed by atoms with Crippen molar-refractivity contribution in [1.82, 2.24) is 0 Å². The van der Waals surface area contributed by atoms with Crippen LogP contribution < -0.4 is 0 Å². The average molecular weight is 366 g/mol. The van der Waals surface area contributed by atoms with Crippen LogP contribution >= 0.6 is 15.9 Å². The summed E-state index contributed by atoms with van der Waals surface area (Å²) in [5, 5.41) is 10.3. The predicted molar refractivity (Wildman–Crippen MR) is 91.5 cm³/mol. The lowest BCUT2D eigenvalue weighted by atomic mass is 10.0. The number of hydrogen-bond acceptors (Lipinski definition) is 3. The molecule has 1 aliphatic carbocycles. The van der Waals surface area contributed by atoms with Crippen LogP contribution in [0.5, 0.6) is 0 Å². The fourth-order valence-electron chi connectivity index (χ4n) is 3.23. The molecule has 1 heterocycles. The Hall–Kier alpha value is -2.38. The van der Waals surface area contributed by atoms with Gasteiger partial charge in [0.15, 0.2) is 11.4 Å². The third-order valence-electron chi connectivity index (χ3n) is 4.46. The summed E-state index contributed by atoms with van der Waals surface area (Å²) in [6.45, 7) is 2.02. The highest BCUT2D eigenvalue weighted by atomic mass is 79.9. The second-order valence-corrected chi connectivity index (χ2v) is 6.61. The van der Waals surface area contributed by atoms with Crippen molar-refractivity contribution in [2.45, 2.75) is 19.8 Å². The minimum atomic E-state index is 0.111. The van der Waals surface area contributed by atoms with E-state index in [4.69, 9.17) is 4.42 Å². The van der Waals surface area contributed by atoms with Gasteiger partial charge in [0.05, 0.1) is 5.56 Å². The molecule has 0 saturated carbocycles. The van der Waals surface area contributed by atoms with Gasteiger partial charge in [0.2, 0.25) is 0 Å². The number of hydrogen-bond donors (Lipinski definition) is 0. The molecule has 0 spiro atoms. The van der Waals surface area contributed by atoms with Gasteiger partial charge < -0.3 is 4.42 Å². The lowest BCUT2D eigenvalue weighted by Gasteiger charge is -2.04. The van der Waals surface area contributed by atoms with Gasteiger partial charge in [-0.05, 0) is 42.7 Å². The number of furan rings is 1. The smallest absolute Gasteiger partial charge is 0.163 e. The molecule has 4 rings (SSSR count). The molecule has 112 valence electrons. The van der Waals surface area contributed by atoms with E-state index in [0.717, 1.165) is 26.5 Å². The summed E-state index contributed by atoms with van der Waals surface area (Å²) < 4.78 is 7.03. The molecule has 2 aromatic carbocycles. The normalized spacial score (nSPS) is 13.3. The minimum Gasteiger partial charge on any atom is -0.455 e. The highest BCUT2D eigenvalue weighted by Gasteiger charge is 2.26. The second kappa shape index (κ2) is 5.07. The number of carbonyl (C=O) groups is 1. The molecule has 0 aliphatic heterocycles. The highest BCUT2D eigenvalue weighted by Crippen LogP contribution is 2.37. The van der Waals surface area contributed by atoms with Gasteiger partial charge in [-0.1, -0.05) is 28.1 Å². The zero-order valence-electron chi connectivity index (χ0n) is 12.4. The van der Waals surface area contributed by atoms with Gasteiger partial charge in [0, 0.05) is 27.4 Å². The van der Waals surface area contributed by atoms with Crippen LogP contribution in [0.4, 0.5) is 0 Å². The first kappa shape index (κ1) is 14.2. The third kappa shape index (κ3) is 2.04. The Labute approximate surface area is 141 Å². The van der Waals surface area contributed by atoms with Crippen LogP contribution in [0.1, 0.15) is 33.5 Å². The number of Topliss-reactive ketones (excluding diaryl/α,β-unsaturated/α-hetero) is 1. The van der Waals surface area contributed by atoms with E-state index in [0.29, 0.717) is 35.3 Å². The van der Waals surface area contributed by atoms with Crippen molar-refractivity contribution in [2.24, 2.45) is 0 Å².